The molecule has 3 aromatic rings. The van der Waals surface area contributed by atoms with Crippen LogP contribution < -0.4 is 15.4 Å². The Morgan fingerprint density at radius 2 is 1.49 bits per heavy atom. The number of hydrogen-bond donors (Lipinski definition) is 2. The van der Waals surface area contributed by atoms with Crippen molar-refractivity contribution in [3.05, 3.63) is 89.0 Å². The smallest absolute Gasteiger partial charge is 0.261 e. The molecule has 3 aromatic carbocycles. The lowest BCUT2D eigenvalue weighted by atomic mass is 10.1. The van der Waals surface area contributed by atoms with E-state index in [1.165, 1.54) is 12.0 Å². The van der Waals surface area contributed by atoms with Crippen molar-refractivity contribution in [2.75, 3.05) is 17.7 Å². The second kappa shape index (κ2) is 9.06. The van der Waals surface area contributed by atoms with E-state index >= 15 is 0 Å². The SMILES string of the molecule is COc1ccc(CN2C(=O)c3ccccc3C2=O)cc1C(=O)Nc1ccc(NC(=O)C2CC2)cc1. The van der Waals surface area contributed by atoms with Crippen LogP contribution in [0.2, 0.25) is 0 Å². The third kappa shape index (κ3) is 4.50. The van der Waals surface area contributed by atoms with E-state index in [2.05, 4.69) is 10.6 Å². The summed E-state index contributed by atoms with van der Waals surface area (Å²) in [5.41, 5.74) is 2.85. The summed E-state index contributed by atoms with van der Waals surface area (Å²) in [6.07, 6.45) is 1.85. The maximum absolute atomic E-state index is 13.0. The van der Waals surface area contributed by atoms with Crippen molar-refractivity contribution < 1.29 is 23.9 Å². The van der Waals surface area contributed by atoms with Gasteiger partial charge < -0.3 is 15.4 Å². The predicted octanol–water partition coefficient (Wildman–Crippen LogP) is 4.09. The highest BCUT2D eigenvalue weighted by Crippen LogP contribution is 2.30. The molecule has 1 saturated carbocycles. The number of rotatable bonds is 7. The normalized spacial score (nSPS) is 14.5. The highest BCUT2D eigenvalue weighted by Gasteiger charge is 2.35. The summed E-state index contributed by atoms with van der Waals surface area (Å²) in [7, 11) is 1.47. The lowest BCUT2D eigenvalue weighted by Crippen LogP contribution is -2.29. The molecule has 1 aliphatic carbocycles. The van der Waals surface area contributed by atoms with Gasteiger partial charge in [0.25, 0.3) is 17.7 Å². The zero-order chi connectivity index (χ0) is 24.5. The fraction of sp³-hybridized carbons (Fsp3) is 0.185. The Bertz CT molecular complexity index is 1310. The number of carbonyl (C=O) groups excluding carboxylic acids is 4. The Hall–Kier alpha value is -4.46. The Kier molecular flexibility index (Phi) is 5.78. The van der Waals surface area contributed by atoms with Crippen molar-refractivity contribution in [1.29, 1.82) is 0 Å². The third-order valence-electron chi connectivity index (χ3n) is 6.09. The molecule has 1 aliphatic heterocycles. The number of fused-ring (bicyclic) bond motifs is 1. The number of anilines is 2. The molecule has 2 N–H and O–H groups in total. The maximum Gasteiger partial charge on any atom is 0.261 e. The Balaban J connectivity index is 1.30. The number of methoxy groups -OCH3 is 1. The predicted molar refractivity (Wildman–Crippen MR) is 129 cm³/mol. The zero-order valence-electron chi connectivity index (χ0n) is 19.0. The highest BCUT2D eigenvalue weighted by molar-refractivity contribution is 6.21. The largest absolute Gasteiger partial charge is 0.496 e. The van der Waals surface area contributed by atoms with Crippen LogP contribution in [0, 0.1) is 5.92 Å². The standard InChI is InChI=1S/C27H23N3O5/c1-35-23-13-6-16(15-30-26(33)20-4-2-3-5-21(20)27(30)34)14-22(23)25(32)29-19-11-9-18(10-12-19)28-24(31)17-7-8-17/h2-6,9-14,17H,7-8,15H2,1H3,(H,28,31)(H,29,32). The molecule has 0 saturated heterocycles. The summed E-state index contributed by atoms with van der Waals surface area (Å²) in [6, 6.07) is 18.5. The highest BCUT2D eigenvalue weighted by atomic mass is 16.5. The van der Waals surface area contributed by atoms with E-state index in [1.54, 1.807) is 66.7 Å². The van der Waals surface area contributed by atoms with Gasteiger partial charge in [-0.2, -0.15) is 0 Å². The second-order valence-corrected chi connectivity index (χ2v) is 8.57. The minimum absolute atomic E-state index is 0.0152. The van der Waals surface area contributed by atoms with Gasteiger partial charge in [0, 0.05) is 17.3 Å². The van der Waals surface area contributed by atoms with Crippen molar-refractivity contribution in [3.8, 4) is 5.75 Å². The number of ether oxygens (including phenoxy) is 1. The van der Waals surface area contributed by atoms with E-state index in [4.69, 9.17) is 4.74 Å². The summed E-state index contributed by atoms with van der Waals surface area (Å²) in [5, 5.41) is 5.68. The van der Waals surface area contributed by atoms with Gasteiger partial charge in [0.2, 0.25) is 5.91 Å². The number of benzene rings is 3. The van der Waals surface area contributed by atoms with Gasteiger partial charge in [-0.1, -0.05) is 18.2 Å². The number of imide groups is 1. The van der Waals surface area contributed by atoms with Crippen LogP contribution >= 0.6 is 0 Å². The average Bonchev–Trinajstić information content (AvgIpc) is 3.70. The van der Waals surface area contributed by atoms with Crippen molar-refractivity contribution in [1.82, 2.24) is 4.90 Å². The molecule has 0 spiro atoms. The number of hydrogen-bond acceptors (Lipinski definition) is 5. The lowest BCUT2D eigenvalue weighted by molar-refractivity contribution is -0.117. The molecule has 35 heavy (non-hydrogen) atoms. The van der Waals surface area contributed by atoms with Crippen LogP contribution in [0.4, 0.5) is 11.4 Å². The van der Waals surface area contributed by atoms with Crippen molar-refractivity contribution >= 4 is 35.0 Å². The van der Waals surface area contributed by atoms with Crippen LogP contribution in [0.3, 0.4) is 0 Å². The first-order chi connectivity index (χ1) is 16.9. The zero-order valence-corrected chi connectivity index (χ0v) is 19.0. The van der Waals surface area contributed by atoms with Crippen LogP contribution in [-0.2, 0) is 11.3 Å². The van der Waals surface area contributed by atoms with Crippen molar-refractivity contribution in [3.63, 3.8) is 0 Å². The summed E-state index contributed by atoms with van der Waals surface area (Å²) in [6.45, 7) is 0.0337. The Morgan fingerprint density at radius 1 is 0.886 bits per heavy atom. The topological polar surface area (TPSA) is 105 Å². The van der Waals surface area contributed by atoms with E-state index in [0.717, 1.165) is 12.8 Å². The quantitative estimate of drug-likeness (QED) is 0.507. The molecule has 0 radical (unpaired) electrons. The lowest BCUT2D eigenvalue weighted by Gasteiger charge is -2.16. The molecule has 1 heterocycles. The second-order valence-electron chi connectivity index (χ2n) is 8.57. The molecule has 176 valence electrons. The molecular formula is C27H23N3O5. The molecule has 0 aromatic heterocycles. The molecule has 1 fully saturated rings. The molecule has 0 atom stereocenters. The number of carbonyl (C=O) groups is 4. The first-order valence-electron chi connectivity index (χ1n) is 11.3. The fourth-order valence-electron chi connectivity index (χ4n) is 4.02. The van der Waals surface area contributed by atoms with E-state index in [-0.39, 0.29) is 35.7 Å². The molecule has 4 amide bonds. The minimum Gasteiger partial charge on any atom is -0.496 e. The number of nitrogens with one attached hydrogen (secondary N) is 2. The minimum atomic E-state index is -0.402. The van der Waals surface area contributed by atoms with E-state index in [1.807, 2.05) is 0 Å². The van der Waals surface area contributed by atoms with Gasteiger partial charge in [0.15, 0.2) is 0 Å². The average molecular weight is 469 g/mol. The van der Waals surface area contributed by atoms with Gasteiger partial charge in [0.1, 0.15) is 5.75 Å². The van der Waals surface area contributed by atoms with Crippen LogP contribution in [0.25, 0.3) is 0 Å². The maximum atomic E-state index is 13.0. The molecule has 2 aliphatic rings. The molecule has 0 unspecified atom stereocenters. The molecule has 5 rings (SSSR count). The van der Waals surface area contributed by atoms with E-state index < -0.39 is 5.91 Å². The van der Waals surface area contributed by atoms with E-state index in [9.17, 15) is 19.2 Å². The molecule has 8 nitrogen and oxygen atoms in total. The summed E-state index contributed by atoms with van der Waals surface area (Å²) in [4.78, 5) is 51.5. The monoisotopic (exact) mass is 469 g/mol. The Labute approximate surface area is 201 Å². The van der Waals surface area contributed by atoms with Crippen LogP contribution in [0.5, 0.6) is 5.75 Å². The molecule has 8 heteroatoms. The summed E-state index contributed by atoms with van der Waals surface area (Å²) < 4.78 is 5.36. The van der Waals surface area contributed by atoms with Gasteiger partial charge in [0.05, 0.1) is 30.3 Å². The molecule has 0 bridgehead atoms. The van der Waals surface area contributed by atoms with Gasteiger partial charge in [-0.3, -0.25) is 24.1 Å². The van der Waals surface area contributed by atoms with Crippen LogP contribution in [-0.4, -0.2) is 35.6 Å². The van der Waals surface area contributed by atoms with Crippen molar-refractivity contribution in [2.24, 2.45) is 5.92 Å². The summed E-state index contributed by atoms with van der Waals surface area (Å²) >= 11 is 0. The fourth-order valence-corrected chi connectivity index (χ4v) is 4.02. The van der Waals surface area contributed by atoms with Gasteiger partial charge in [-0.25, -0.2) is 0 Å². The van der Waals surface area contributed by atoms with Crippen LogP contribution in [0.1, 0.15) is 49.5 Å². The molecular weight excluding hydrogens is 446 g/mol. The van der Waals surface area contributed by atoms with Crippen molar-refractivity contribution in [2.45, 2.75) is 19.4 Å². The van der Waals surface area contributed by atoms with Gasteiger partial charge in [-0.05, 0) is 66.9 Å². The van der Waals surface area contributed by atoms with E-state index in [0.29, 0.717) is 33.8 Å². The van der Waals surface area contributed by atoms with Crippen LogP contribution in [0.15, 0.2) is 66.7 Å². The van der Waals surface area contributed by atoms with Gasteiger partial charge >= 0.3 is 0 Å². The van der Waals surface area contributed by atoms with Gasteiger partial charge in [-0.15, -0.1) is 0 Å². The first kappa shape index (κ1) is 22.3. The Morgan fingerprint density at radius 3 is 2.06 bits per heavy atom. The third-order valence-corrected chi connectivity index (χ3v) is 6.09. The summed E-state index contributed by atoms with van der Waals surface area (Å²) in [5.74, 6) is -0.638. The number of amides is 4. The number of nitrogens with zero attached hydrogens (tertiary/aromatic N) is 1. The first-order valence-corrected chi connectivity index (χ1v) is 11.3.